The molecule has 0 aromatic heterocycles. The quantitative estimate of drug-likeness (QED) is 0.708. The molecule has 0 radical (unpaired) electrons. The Hall–Kier alpha value is -2.81. The van der Waals surface area contributed by atoms with E-state index in [4.69, 9.17) is 4.74 Å². The Morgan fingerprint density at radius 2 is 1.83 bits per heavy atom. The van der Waals surface area contributed by atoms with Gasteiger partial charge in [-0.15, -0.1) is 0 Å². The van der Waals surface area contributed by atoms with Gasteiger partial charge in [-0.25, -0.2) is 0 Å². The number of benzene rings is 3. The van der Waals surface area contributed by atoms with Crippen LogP contribution in [0.4, 0.5) is 0 Å². The van der Waals surface area contributed by atoms with Crippen LogP contribution in [0.5, 0.6) is 11.5 Å². The maximum Gasteiger partial charge on any atom is 0.124 e. The minimum Gasteiger partial charge on any atom is -0.507 e. The zero-order valence-electron chi connectivity index (χ0n) is 13.2. The summed E-state index contributed by atoms with van der Waals surface area (Å²) in [5, 5.41) is 12.3. The van der Waals surface area contributed by atoms with Crippen LogP contribution in [0.3, 0.4) is 0 Å². The van der Waals surface area contributed by atoms with Gasteiger partial charge in [-0.3, -0.25) is 4.99 Å². The average Bonchev–Trinajstić information content (AvgIpc) is 2.60. The number of ether oxygens (including phenoxy) is 1. The van der Waals surface area contributed by atoms with Crippen LogP contribution in [-0.2, 0) is 0 Å². The normalized spacial score (nSPS) is 12.6. The van der Waals surface area contributed by atoms with Crippen molar-refractivity contribution >= 4 is 17.0 Å². The number of aliphatic imine (C=N–C) groups is 1. The summed E-state index contributed by atoms with van der Waals surface area (Å²) in [7, 11) is 1.60. The Morgan fingerprint density at radius 1 is 1.04 bits per heavy atom. The Bertz CT molecular complexity index is 850. The van der Waals surface area contributed by atoms with Crippen molar-refractivity contribution in [3.05, 3.63) is 71.8 Å². The zero-order valence-corrected chi connectivity index (χ0v) is 13.2. The number of hydrogen-bond acceptors (Lipinski definition) is 3. The maximum absolute atomic E-state index is 9.94. The highest BCUT2D eigenvalue weighted by atomic mass is 16.5. The maximum atomic E-state index is 9.94. The first-order valence-electron chi connectivity index (χ1n) is 7.57. The number of phenolic OH excluding ortho intramolecular Hbond substituents is 1. The largest absolute Gasteiger partial charge is 0.507 e. The van der Waals surface area contributed by atoms with Gasteiger partial charge in [0.25, 0.3) is 0 Å². The van der Waals surface area contributed by atoms with Crippen LogP contribution in [0.1, 0.15) is 24.1 Å². The average molecular weight is 305 g/mol. The molecule has 1 N–H and O–H groups in total. The number of aromatic hydroxyl groups is 1. The van der Waals surface area contributed by atoms with Gasteiger partial charge in [0.1, 0.15) is 11.5 Å². The highest BCUT2D eigenvalue weighted by Gasteiger charge is 2.08. The van der Waals surface area contributed by atoms with Crippen LogP contribution < -0.4 is 4.74 Å². The molecule has 0 aliphatic heterocycles. The first kappa shape index (κ1) is 15.1. The first-order valence-corrected chi connectivity index (χ1v) is 7.57. The van der Waals surface area contributed by atoms with Crippen molar-refractivity contribution < 1.29 is 9.84 Å². The molecule has 0 amide bonds. The lowest BCUT2D eigenvalue weighted by atomic mass is 10.00. The van der Waals surface area contributed by atoms with Crippen molar-refractivity contribution in [3.8, 4) is 11.5 Å². The molecule has 23 heavy (non-hydrogen) atoms. The Balaban J connectivity index is 1.93. The molecule has 3 aromatic carbocycles. The number of hydrogen-bond donors (Lipinski definition) is 1. The van der Waals surface area contributed by atoms with Crippen molar-refractivity contribution in [2.75, 3.05) is 7.11 Å². The lowest BCUT2D eigenvalue weighted by molar-refractivity contribution is 0.412. The minimum atomic E-state index is -0.00768. The molecule has 3 aromatic rings. The fourth-order valence-electron chi connectivity index (χ4n) is 2.65. The van der Waals surface area contributed by atoms with E-state index in [1.807, 2.05) is 18.2 Å². The van der Waals surface area contributed by atoms with Crippen LogP contribution in [0, 0.1) is 0 Å². The van der Waals surface area contributed by atoms with E-state index in [1.165, 1.54) is 16.3 Å². The molecule has 3 nitrogen and oxygen atoms in total. The fraction of sp³-hybridized carbons (Fsp3) is 0.150. The SMILES string of the molecule is COc1ccc(O)c(C=NC(C)c2cccc3ccccc23)c1. The molecule has 0 heterocycles. The van der Waals surface area contributed by atoms with Crippen LogP contribution in [0.25, 0.3) is 10.8 Å². The molecule has 0 saturated heterocycles. The lowest BCUT2D eigenvalue weighted by Crippen LogP contribution is -1.94. The van der Waals surface area contributed by atoms with Crippen molar-refractivity contribution in [2.45, 2.75) is 13.0 Å². The molecule has 0 fully saturated rings. The number of rotatable bonds is 4. The second-order valence-electron chi connectivity index (χ2n) is 5.45. The van der Waals surface area contributed by atoms with E-state index in [0.717, 1.165) is 0 Å². The van der Waals surface area contributed by atoms with E-state index >= 15 is 0 Å². The Morgan fingerprint density at radius 3 is 2.65 bits per heavy atom. The van der Waals surface area contributed by atoms with Gasteiger partial charge in [0.2, 0.25) is 0 Å². The Kier molecular flexibility index (Phi) is 4.29. The summed E-state index contributed by atoms with van der Waals surface area (Å²) in [4.78, 5) is 4.61. The monoisotopic (exact) mass is 305 g/mol. The number of nitrogens with zero attached hydrogens (tertiary/aromatic N) is 1. The molecular weight excluding hydrogens is 286 g/mol. The predicted octanol–water partition coefficient (Wildman–Crippen LogP) is 4.73. The van der Waals surface area contributed by atoms with Crippen LogP contribution in [0.15, 0.2) is 65.7 Å². The molecule has 1 atom stereocenters. The third-order valence-electron chi connectivity index (χ3n) is 3.95. The van der Waals surface area contributed by atoms with Crippen LogP contribution in [0.2, 0.25) is 0 Å². The predicted molar refractivity (Wildman–Crippen MR) is 94.6 cm³/mol. The fourth-order valence-corrected chi connectivity index (χ4v) is 2.65. The summed E-state index contributed by atoms with van der Waals surface area (Å²) in [6.07, 6.45) is 1.70. The summed E-state index contributed by atoms with van der Waals surface area (Å²) in [6, 6.07) is 19.6. The summed E-state index contributed by atoms with van der Waals surface area (Å²) in [5.41, 5.74) is 1.82. The molecule has 0 aliphatic rings. The second-order valence-corrected chi connectivity index (χ2v) is 5.45. The smallest absolute Gasteiger partial charge is 0.124 e. The highest BCUT2D eigenvalue weighted by Crippen LogP contribution is 2.27. The number of methoxy groups -OCH3 is 1. The van der Waals surface area contributed by atoms with E-state index in [1.54, 1.807) is 31.5 Å². The van der Waals surface area contributed by atoms with Crippen LogP contribution >= 0.6 is 0 Å². The summed E-state index contributed by atoms with van der Waals surface area (Å²) < 4.78 is 5.19. The highest BCUT2D eigenvalue weighted by molar-refractivity contribution is 5.87. The van der Waals surface area contributed by atoms with Gasteiger partial charge >= 0.3 is 0 Å². The molecule has 1 unspecified atom stereocenters. The lowest BCUT2D eigenvalue weighted by Gasteiger charge is -2.11. The molecule has 0 spiro atoms. The molecule has 0 aliphatic carbocycles. The van der Waals surface area contributed by atoms with Crippen molar-refractivity contribution in [1.82, 2.24) is 0 Å². The molecule has 3 rings (SSSR count). The summed E-state index contributed by atoms with van der Waals surface area (Å²) >= 11 is 0. The molecule has 0 bridgehead atoms. The number of phenols is 1. The van der Waals surface area contributed by atoms with Gasteiger partial charge in [0.15, 0.2) is 0 Å². The summed E-state index contributed by atoms with van der Waals surface area (Å²) in [5.74, 6) is 0.890. The Labute approximate surface area is 135 Å². The van der Waals surface area contributed by atoms with Gasteiger partial charge in [-0.1, -0.05) is 42.5 Å². The number of fused-ring (bicyclic) bond motifs is 1. The minimum absolute atomic E-state index is 0.00768. The third kappa shape index (κ3) is 3.19. The van der Waals surface area contributed by atoms with Gasteiger partial charge in [-0.2, -0.15) is 0 Å². The van der Waals surface area contributed by atoms with Crippen molar-refractivity contribution in [1.29, 1.82) is 0 Å². The third-order valence-corrected chi connectivity index (χ3v) is 3.95. The van der Waals surface area contributed by atoms with E-state index in [0.29, 0.717) is 11.3 Å². The van der Waals surface area contributed by atoms with E-state index < -0.39 is 0 Å². The standard InChI is InChI=1S/C20H19NO2/c1-14(18-9-5-7-15-6-3-4-8-19(15)18)21-13-16-12-17(23-2)10-11-20(16)22/h3-14,22H,1-2H3. The molecular formula is C20H19NO2. The first-order chi connectivity index (χ1) is 11.2. The summed E-state index contributed by atoms with van der Waals surface area (Å²) in [6.45, 7) is 2.05. The molecule has 3 heteroatoms. The van der Waals surface area contributed by atoms with Gasteiger partial charge in [-0.05, 0) is 41.5 Å². The van der Waals surface area contributed by atoms with Crippen LogP contribution in [-0.4, -0.2) is 18.4 Å². The van der Waals surface area contributed by atoms with E-state index in [2.05, 4.69) is 36.2 Å². The van der Waals surface area contributed by atoms with E-state index in [9.17, 15) is 5.11 Å². The van der Waals surface area contributed by atoms with E-state index in [-0.39, 0.29) is 11.8 Å². The zero-order chi connectivity index (χ0) is 16.2. The molecule has 0 saturated carbocycles. The van der Waals surface area contributed by atoms with Gasteiger partial charge in [0, 0.05) is 11.8 Å². The second kappa shape index (κ2) is 6.53. The van der Waals surface area contributed by atoms with Gasteiger partial charge < -0.3 is 9.84 Å². The van der Waals surface area contributed by atoms with Gasteiger partial charge in [0.05, 0.1) is 13.2 Å². The van der Waals surface area contributed by atoms with Crippen molar-refractivity contribution in [2.24, 2.45) is 4.99 Å². The van der Waals surface area contributed by atoms with Crippen molar-refractivity contribution in [3.63, 3.8) is 0 Å². The molecule has 116 valence electrons. The topological polar surface area (TPSA) is 41.8 Å².